The summed E-state index contributed by atoms with van der Waals surface area (Å²) in [4.78, 5) is 27.4. The Kier molecular flexibility index (Phi) is 7.76. The van der Waals surface area contributed by atoms with Gasteiger partial charge in [0.25, 0.3) is 0 Å². The number of amides is 2. The van der Waals surface area contributed by atoms with Gasteiger partial charge in [-0.25, -0.2) is 4.39 Å². The number of piperidine rings is 1. The minimum Gasteiger partial charge on any atom is -0.381 e. The zero-order chi connectivity index (χ0) is 23.1. The normalized spacial score (nSPS) is 18.6. The number of carbonyl (C=O) groups excluding carboxylic acids is 2. The van der Waals surface area contributed by atoms with Crippen LogP contribution in [0.5, 0.6) is 0 Å². The molecule has 0 unspecified atom stereocenters. The highest BCUT2D eigenvalue weighted by Gasteiger charge is 2.36. The molecule has 0 aliphatic carbocycles. The molecule has 4 rings (SSSR count). The van der Waals surface area contributed by atoms with Crippen molar-refractivity contribution in [3.8, 4) is 0 Å². The highest BCUT2D eigenvalue weighted by molar-refractivity contribution is 5.80. The molecule has 33 heavy (non-hydrogen) atoms. The van der Waals surface area contributed by atoms with Gasteiger partial charge in [-0.05, 0) is 55.4 Å². The van der Waals surface area contributed by atoms with E-state index in [9.17, 15) is 14.0 Å². The van der Waals surface area contributed by atoms with Crippen molar-refractivity contribution in [2.45, 2.75) is 43.9 Å². The molecule has 2 aromatic carbocycles. The first-order chi connectivity index (χ1) is 16.1. The number of benzene rings is 2. The van der Waals surface area contributed by atoms with Crippen molar-refractivity contribution in [3.63, 3.8) is 0 Å². The first-order valence-electron chi connectivity index (χ1n) is 12.0. The summed E-state index contributed by atoms with van der Waals surface area (Å²) in [5, 5.41) is 3.15. The smallest absolute Gasteiger partial charge is 0.223 e. The van der Waals surface area contributed by atoms with Gasteiger partial charge in [-0.3, -0.25) is 9.59 Å². The van der Waals surface area contributed by atoms with Gasteiger partial charge in [-0.15, -0.1) is 0 Å². The Labute approximate surface area is 195 Å². The minimum atomic E-state index is -0.301. The van der Waals surface area contributed by atoms with Gasteiger partial charge in [0, 0.05) is 50.6 Å². The Morgan fingerprint density at radius 2 is 1.76 bits per heavy atom. The van der Waals surface area contributed by atoms with Crippen molar-refractivity contribution < 1.29 is 18.7 Å². The molecule has 0 bridgehead atoms. The number of carbonyl (C=O) groups is 2. The topological polar surface area (TPSA) is 58.6 Å². The lowest BCUT2D eigenvalue weighted by Crippen LogP contribution is -2.48. The lowest BCUT2D eigenvalue weighted by Gasteiger charge is -2.38. The van der Waals surface area contributed by atoms with Crippen LogP contribution >= 0.6 is 0 Å². The molecule has 2 fully saturated rings. The molecule has 0 aromatic heterocycles. The standard InChI is InChI=1S/C27H33FN2O3/c28-24-8-4-7-23(19-24)27(13-17-33-18-14-27)20-29-26(32)22-11-15-30(16-12-22)25(31)10-9-21-5-2-1-3-6-21/h1-8,19,22H,9-18,20H2,(H,29,32). The Morgan fingerprint density at radius 3 is 2.45 bits per heavy atom. The summed E-state index contributed by atoms with van der Waals surface area (Å²) in [5.74, 6) is -0.153. The maximum absolute atomic E-state index is 13.9. The molecule has 0 radical (unpaired) electrons. The molecule has 0 saturated carbocycles. The lowest BCUT2D eigenvalue weighted by molar-refractivity contribution is -0.135. The number of nitrogens with zero attached hydrogens (tertiary/aromatic N) is 1. The van der Waals surface area contributed by atoms with Gasteiger partial charge < -0.3 is 15.0 Å². The Morgan fingerprint density at radius 1 is 1.03 bits per heavy atom. The fourth-order valence-corrected chi connectivity index (χ4v) is 4.99. The van der Waals surface area contributed by atoms with Crippen molar-refractivity contribution >= 4 is 11.8 Å². The van der Waals surface area contributed by atoms with E-state index in [4.69, 9.17) is 4.74 Å². The second kappa shape index (κ2) is 10.9. The number of ether oxygens (including phenoxy) is 1. The monoisotopic (exact) mass is 452 g/mol. The number of likely N-dealkylation sites (tertiary alicyclic amines) is 1. The number of rotatable bonds is 7. The summed E-state index contributed by atoms with van der Waals surface area (Å²) >= 11 is 0. The van der Waals surface area contributed by atoms with E-state index in [1.807, 2.05) is 41.3 Å². The van der Waals surface area contributed by atoms with Crippen LogP contribution in [-0.2, 0) is 26.2 Å². The van der Waals surface area contributed by atoms with Crippen molar-refractivity contribution in [1.29, 1.82) is 0 Å². The van der Waals surface area contributed by atoms with E-state index in [1.54, 1.807) is 12.1 Å². The second-order valence-corrected chi connectivity index (χ2v) is 9.26. The van der Waals surface area contributed by atoms with E-state index in [0.717, 1.165) is 24.8 Å². The van der Waals surface area contributed by atoms with Crippen molar-refractivity contribution in [2.75, 3.05) is 32.8 Å². The predicted octanol–water partition coefficient (Wildman–Crippen LogP) is 3.86. The van der Waals surface area contributed by atoms with E-state index < -0.39 is 0 Å². The summed E-state index contributed by atoms with van der Waals surface area (Å²) in [6.45, 7) is 2.93. The SMILES string of the molecule is O=C(NCC1(c2cccc(F)c2)CCOCC1)C1CCN(C(=O)CCc2ccccc2)CC1. The third kappa shape index (κ3) is 5.99. The minimum absolute atomic E-state index is 0.0358. The first-order valence-corrected chi connectivity index (χ1v) is 12.0. The van der Waals surface area contributed by atoms with Gasteiger partial charge in [-0.2, -0.15) is 0 Å². The average Bonchev–Trinajstić information content (AvgIpc) is 2.87. The number of nitrogens with one attached hydrogen (secondary N) is 1. The third-order valence-electron chi connectivity index (χ3n) is 7.18. The summed E-state index contributed by atoms with van der Waals surface area (Å²) in [7, 11) is 0. The van der Waals surface area contributed by atoms with Gasteiger partial charge in [0.05, 0.1) is 0 Å². The van der Waals surface area contributed by atoms with Gasteiger partial charge in [0.15, 0.2) is 0 Å². The molecule has 5 nitrogen and oxygen atoms in total. The predicted molar refractivity (Wildman–Crippen MR) is 125 cm³/mol. The van der Waals surface area contributed by atoms with Crippen LogP contribution in [-0.4, -0.2) is 49.6 Å². The summed E-state index contributed by atoms with van der Waals surface area (Å²) in [6.07, 6.45) is 4.11. The number of aryl methyl sites for hydroxylation is 1. The molecule has 2 aromatic rings. The second-order valence-electron chi connectivity index (χ2n) is 9.26. The quantitative estimate of drug-likeness (QED) is 0.694. The fourth-order valence-electron chi connectivity index (χ4n) is 4.99. The lowest BCUT2D eigenvalue weighted by atomic mass is 9.74. The van der Waals surface area contributed by atoms with E-state index in [2.05, 4.69) is 5.32 Å². The number of hydrogen-bond acceptors (Lipinski definition) is 3. The van der Waals surface area contributed by atoms with Crippen molar-refractivity contribution in [2.24, 2.45) is 5.92 Å². The Bertz CT molecular complexity index is 935. The molecule has 2 aliphatic rings. The maximum atomic E-state index is 13.9. The zero-order valence-electron chi connectivity index (χ0n) is 19.1. The van der Waals surface area contributed by atoms with E-state index in [0.29, 0.717) is 52.1 Å². The van der Waals surface area contributed by atoms with Gasteiger partial charge in [0.2, 0.25) is 11.8 Å². The molecule has 176 valence electrons. The molecule has 0 atom stereocenters. The summed E-state index contributed by atoms with van der Waals surface area (Å²) < 4.78 is 19.4. The van der Waals surface area contributed by atoms with Crippen LogP contribution in [0, 0.1) is 11.7 Å². The van der Waals surface area contributed by atoms with E-state index in [1.165, 1.54) is 11.6 Å². The zero-order valence-corrected chi connectivity index (χ0v) is 19.1. The van der Waals surface area contributed by atoms with Crippen LogP contribution in [0.3, 0.4) is 0 Å². The molecule has 2 heterocycles. The number of halogens is 1. The molecular weight excluding hydrogens is 419 g/mol. The molecular formula is C27H33FN2O3. The maximum Gasteiger partial charge on any atom is 0.223 e. The summed E-state index contributed by atoms with van der Waals surface area (Å²) in [6, 6.07) is 16.7. The Balaban J connectivity index is 1.27. The van der Waals surface area contributed by atoms with E-state index >= 15 is 0 Å². The summed E-state index contributed by atoms with van der Waals surface area (Å²) in [5.41, 5.74) is 1.79. The molecule has 2 saturated heterocycles. The van der Waals surface area contributed by atoms with Crippen LogP contribution in [0.25, 0.3) is 0 Å². The molecule has 2 amide bonds. The third-order valence-corrected chi connectivity index (χ3v) is 7.18. The molecule has 0 spiro atoms. The highest BCUT2D eigenvalue weighted by Crippen LogP contribution is 2.35. The fraction of sp³-hybridized carbons (Fsp3) is 0.481. The Hall–Kier alpha value is -2.73. The van der Waals surface area contributed by atoms with Crippen LogP contribution in [0.1, 0.15) is 43.2 Å². The van der Waals surface area contributed by atoms with Crippen LogP contribution in [0.2, 0.25) is 0 Å². The highest BCUT2D eigenvalue weighted by atomic mass is 19.1. The molecule has 6 heteroatoms. The van der Waals surface area contributed by atoms with Crippen molar-refractivity contribution in [1.82, 2.24) is 10.2 Å². The largest absolute Gasteiger partial charge is 0.381 e. The van der Waals surface area contributed by atoms with E-state index in [-0.39, 0.29) is 29.0 Å². The number of hydrogen-bond donors (Lipinski definition) is 1. The van der Waals surface area contributed by atoms with Crippen LogP contribution in [0.4, 0.5) is 4.39 Å². The van der Waals surface area contributed by atoms with Crippen LogP contribution in [0.15, 0.2) is 54.6 Å². The van der Waals surface area contributed by atoms with Gasteiger partial charge >= 0.3 is 0 Å². The van der Waals surface area contributed by atoms with Gasteiger partial charge in [-0.1, -0.05) is 42.5 Å². The van der Waals surface area contributed by atoms with Crippen LogP contribution < -0.4 is 5.32 Å². The average molecular weight is 453 g/mol. The molecule has 2 aliphatic heterocycles. The van der Waals surface area contributed by atoms with Crippen molar-refractivity contribution in [3.05, 3.63) is 71.5 Å². The van der Waals surface area contributed by atoms with Gasteiger partial charge in [0.1, 0.15) is 5.82 Å². The first kappa shape index (κ1) is 23.4. The molecule has 1 N–H and O–H groups in total.